The Labute approximate surface area is 193 Å². The topological polar surface area (TPSA) is 60.5 Å². The summed E-state index contributed by atoms with van der Waals surface area (Å²) < 4.78 is 10.6. The minimum Gasteiger partial charge on any atom is -0.497 e. The summed E-state index contributed by atoms with van der Waals surface area (Å²) in [4.78, 5) is 18.2. The molecule has 1 N–H and O–H groups in total. The van der Waals surface area contributed by atoms with E-state index >= 15 is 0 Å². The van der Waals surface area contributed by atoms with Gasteiger partial charge in [-0.3, -0.25) is 9.78 Å². The van der Waals surface area contributed by atoms with Gasteiger partial charge in [-0.2, -0.15) is 0 Å². The summed E-state index contributed by atoms with van der Waals surface area (Å²) in [5, 5.41) is 4.18. The normalized spacial score (nSPS) is 19.5. The maximum Gasteiger partial charge on any atom is 0.228 e. The van der Waals surface area contributed by atoms with Gasteiger partial charge in [0.1, 0.15) is 11.5 Å². The van der Waals surface area contributed by atoms with E-state index in [0.717, 1.165) is 45.6 Å². The standard InChI is InChI=1S/C28H26N2O3/c1-32-21-12-8-18(9-13-21)23-17-24(19-10-14-22(33-2)15-11-19)26(23)28(31)30-25-7-3-5-20-6-4-16-29-27(20)25/h3-16,23-24,26H,17H2,1-2H3,(H,30,31). The van der Waals surface area contributed by atoms with Crippen LogP contribution < -0.4 is 14.8 Å². The number of carbonyl (C=O) groups is 1. The van der Waals surface area contributed by atoms with Crippen molar-refractivity contribution in [2.24, 2.45) is 5.92 Å². The van der Waals surface area contributed by atoms with Crippen LogP contribution in [0.25, 0.3) is 10.9 Å². The number of hydrogen-bond acceptors (Lipinski definition) is 4. The smallest absolute Gasteiger partial charge is 0.228 e. The third-order valence-corrected chi connectivity index (χ3v) is 6.66. The van der Waals surface area contributed by atoms with Crippen LogP contribution in [0.4, 0.5) is 5.69 Å². The molecule has 1 amide bonds. The van der Waals surface area contributed by atoms with E-state index in [1.165, 1.54) is 0 Å². The number of pyridine rings is 1. The predicted octanol–water partition coefficient (Wildman–Crippen LogP) is 5.78. The molecule has 1 aromatic heterocycles. The molecule has 1 heterocycles. The van der Waals surface area contributed by atoms with Crippen LogP contribution in [0.5, 0.6) is 11.5 Å². The fourth-order valence-corrected chi connectivity index (χ4v) is 4.83. The summed E-state index contributed by atoms with van der Waals surface area (Å²) in [6, 6.07) is 25.8. The molecule has 3 aromatic carbocycles. The summed E-state index contributed by atoms with van der Waals surface area (Å²) in [6.45, 7) is 0. The molecule has 1 aliphatic carbocycles. The van der Waals surface area contributed by atoms with Crippen molar-refractivity contribution in [1.82, 2.24) is 4.98 Å². The van der Waals surface area contributed by atoms with Crippen LogP contribution in [0, 0.1) is 5.92 Å². The van der Waals surface area contributed by atoms with E-state index in [1.54, 1.807) is 20.4 Å². The number of rotatable bonds is 6. The number of aromatic nitrogens is 1. The minimum absolute atomic E-state index is 0.0149. The molecule has 4 aromatic rings. The van der Waals surface area contributed by atoms with E-state index in [1.807, 2.05) is 54.6 Å². The number of hydrogen-bond donors (Lipinski definition) is 1. The first kappa shape index (κ1) is 21.0. The number of nitrogens with one attached hydrogen (secondary N) is 1. The molecule has 1 fully saturated rings. The second kappa shape index (κ2) is 8.94. The van der Waals surface area contributed by atoms with Gasteiger partial charge in [-0.25, -0.2) is 0 Å². The van der Waals surface area contributed by atoms with Gasteiger partial charge >= 0.3 is 0 Å². The Morgan fingerprint density at radius 3 is 1.97 bits per heavy atom. The summed E-state index contributed by atoms with van der Waals surface area (Å²) in [6.07, 6.45) is 2.66. The number of ether oxygens (including phenoxy) is 2. The highest BCUT2D eigenvalue weighted by molar-refractivity contribution is 6.02. The van der Waals surface area contributed by atoms with Crippen molar-refractivity contribution in [1.29, 1.82) is 0 Å². The second-order valence-electron chi connectivity index (χ2n) is 8.39. The number of amides is 1. The largest absolute Gasteiger partial charge is 0.497 e. The van der Waals surface area contributed by atoms with Crippen molar-refractivity contribution in [3.8, 4) is 11.5 Å². The number of para-hydroxylation sites is 1. The van der Waals surface area contributed by atoms with Crippen molar-refractivity contribution in [2.45, 2.75) is 18.3 Å². The van der Waals surface area contributed by atoms with E-state index in [4.69, 9.17) is 9.47 Å². The van der Waals surface area contributed by atoms with Gasteiger partial charge in [-0.15, -0.1) is 0 Å². The van der Waals surface area contributed by atoms with Gasteiger partial charge in [0, 0.05) is 11.6 Å². The number of nitrogens with zero attached hydrogens (tertiary/aromatic N) is 1. The Morgan fingerprint density at radius 2 is 1.39 bits per heavy atom. The third-order valence-electron chi connectivity index (χ3n) is 6.66. The van der Waals surface area contributed by atoms with Crippen LogP contribution >= 0.6 is 0 Å². The fraction of sp³-hybridized carbons (Fsp3) is 0.214. The molecular formula is C28H26N2O3. The Kier molecular flexibility index (Phi) is 5.69. The van der Waals surface area contributed by atoms with E-state index in [-0.39, 0.29) is 23.7 Å². The quantitative estimate of drug-likeness (QED) is 0.415. The highest BCUT2D eigenvalue weighted by Gasteiger charge is 2.47. The Hall–Kier alpha value is -3.86. The molecule has 166 valence electrons. The minimum atomic E-state index is -0.189. The number of carbonyl (C=O) groups excluding carboxylic acids is 1. The molecule has 5 nitrogen and oxygen atoms in total. The lowest BCUT2D eigenvalue weighted by atomic mass is 9.59. The Balaban J connectivity index is 1.46. The third kappa shape index (κ3) is 4.02. The van der Waals surface area contributed by atoms with E-state index in [0.29, 0.717) is 0 Å². The van der Waals surface area contributed by atoms with Gasteiger partial charge in [-0.05, 0) is 65.8 Å². The number of methoxy groups -OCH3 is 2. The average molecular weight is 439 g/mol. The molecule has 5 rings (SSSR count). The summed E-state index contributed by atoms with van der Waals surface area (Å²) in [7, 11) is 3.32. The van der Waals surface area contributed by atoms with Gasteiger partial charge in [0.15, 0.2) is 0 Å². The van der Waals surface area contributed by atoms with Crippen LogP contribution in [0.1, 0.15) is 29.4 Å². The van der Waals surface area contributed by atoms with Crippen molar-refractivity contribution in [2.75, 3.05) is 19.5 Å². The van der Waals surface area contributed by atoms with Crippen LogP contribution in [-0.4, -0.2) is 25.1 Å². The molecule has 0 aliphatic heterocycles. The monoisotopic (exact) mass is 438 g/mol. The first-order valence-corrected chi connectivity index (χ1v) is 11.1. The summed E-state index contributed by atoms with van der Waals surface area (Å²) >= 11 is 0. The second-order valence-corrected chi connectivity index (χ2v) is 8.39. The predicted molar refractivity (Wildman–Crippen MR) is 130 cm³/mol. The molecule has 0 spiro atoms. The van der Waals surface area contributed by atoms with Gasteiger partial charge in [0.05, 0.1) is 31.3 Å². The summed E-state index contributed by atoms with van der Waals surface area (Å²) in [5.41, 5.74) is 3.84. The van der Waals surface area contributed by atoms with Crippen LogP contribution in [-0.2, 0) is 4.79 Å². The summed E-state index contributed by atoms with van der Waals surface area (Å²) in [5.74, 6) is 1.71. The molecule has 33 heavy (non-hydrogen) atoms. The average Bonchev–Trinajstić information content (AvgIpc) is 2.84. The van der Waals surface area contributed by atoms with E-state index in [9.17, 15) is 4.79 Å². The zero-order valence-electron chi connectivity index (χ0n) is 18.7. The lowest BCUT2D eigenvalue weighted by Gasteiger charge is -2.44. The van der Waals surface area contributed by atoms with E-state index < -0.39 is 0 Å². The van der Waals surface area contributed by atoms with Crippen LogP contribution in [0.2, 0.25) is 0 Å². The molecule has 0 bridgehead atoms. The van der Waals surface area contributed by atoms with Crippen molar-refractivity contribution in [3.05, 3.63) is 96.2 Å². The van der Waals surface area contributed by atoms with Crippen LogP contribution in [0.3, 0.4) is 0 Å². The van der Waals surface area contributed by atoms with Crippen molar-refractivity contribution >= 4 is 22.5 Å². The SMILES string of the molecule is COc1ccc(C2CC(c3ccc(OC)cc3)C2C(=O)Nc2cccc3cccnc23)cc1. The molecule has 2 atom stereocenters. The maximum absolute atomic E-state index is 13.7. The van der Waals surface area contributed by atoms with Crippen molar-refractivity contribution in [3.63, 3.8) is 0 Å². The van der Waals surface area contributed by atoms with Gasteiger partial charge in [0.25, 0.3) is 0 Å². The lowest BCUT2D eigenvalue weighted by Crippen LogP contribution is -2.42. The molecule has 1 aliphatic rings. The maximum atomic E-state index is 13.7. The van der Waals surface area contributed by atoms with Crippen molar-refractivity contribution < 1.29 is 14.3 Å². The number of fused-ring (bicyclic) bond motifs is 1. The van der Waals surface area contributed by atoms with Gasteiger partial charge < -0.3 is 14.8 Å². The van der Waals surface area contributed by atoms with E-state index in [2.05, 4.69) is 34.6 Å². The molecule has 0 saturated heterocycles. The highest BCUT2D eigenvalue weighted by atomic mass is 16.5. The lowest BCUT2D eigenvalue weighted by molar-refractivity contribution is -0.124. The highest BCUT2D eigenvalue weighted by Crippen LogP contribution is 2.53. The Morgan fingerprint density at radius 1 is 0.818 bits per heavy atom. The number of anilines is 1. The first-order chi connectivity index (χ1) is 16.2. The fourth-order valence-electron chi connectivity index (χ4n) is 4.83. The Bertz CT molecular complexity index is 1210. The zero-order chi connectivity index (χ0) is 22.8. The molecule has 0 radical (unpaired) electrons. The molecule has 2 unspecified atom stereocenters. The first-order valence-electron chi connectivity index (χ1n) is 11.1. The molecule has 1 saturated carbocycles. The molecular weight excluding hydrogens is 412 g/mol. The zero-order valence-corrected chi connectivity index (χ0v) is 18.7. The number of benzene rings is 3. The van der Waals surface area contributed by atoms with Gasteiger partial charge in [0.2, 0.25) is 5.91 Å². The van der Waals surface area contributed by atoms with Crippen LogP contribution in [0.15, 0.2) is 85.1 Å². The molecule has 5 heteroatoms. The van der Waals surface area contributed by atoms with Gasteiger partial charge in [-0.1, -0.05) is 42.5 Å².